The molecule has 2 nitrogen and oxygen atoms in total. The first-order chi connectivity index (χ1) is 34.3. The fourth-order valence-electron chi connectivity index (χ4n) is 12.0. The van der Waals surface area contributed by atoms with E-state index in [1.165, 1.54) is 77.6 Å². The van der Waals surface area contributed by atoms with Gasteiger partial charge in [0.25, 0.3) is 0 Å². The van der Waals surface area contributed by atoms with Crippen molar-refractivity contribution in [3.8, 4) is 61.3 Å². The molecule has 322 valence electrons. The van der Waals surface area contributed by atoms with Crippen molar-refractivity contribution in [1.82, 2.24) is 4.57 Å². The monoisotopic (exact) mass is 876 g/mol. The van der Waals surface area contributed by atoms with Crippen LogP contribution in [0.4, 0.5) is 17.1 Å². The number of anilines is 3. The van der Waals surface area contributed by atoms with Gasteiger partial charge < -0.3 is 9.47 Å². The third kappa shape index (κ3) is 5.79. The Kier molecular flexibility index (Phi) is 8.84. The first-order valence-corrected chi connectivity index (χ1v) is 23.9. The molecule has 1 aromatic heterocycles. The van der Waals surface area contributed by atoms with Crippen LogP contribution >= 0.6 is 0 Å². The number of nitrogens with zero attached hydrogens (tertiary/aromatic N) is 2. The Hall–Kier alpha value is -8.98. The van der Waals surface area contributed by atoms with E-state index in [0.717, 1.165) is 44.9 Å². The van der Waals surface area contributed by atoms with E-state index in [1.807, 2.05) is 0 Å². The van der Waals surface area contributed by atoms with Crippen LogP contribution in [0.3, 0.4) is 0 Å². The largest absolute Gasteiger partial charge is 0.309 e. The molecule has 0 amide bonds. The number of para-hydroxylation sites is 6. The van der Waals surface area contributed by atoms with E-state index in [2.05, 4.69) is 276 Å². The van der Waals surface area contributed by atoms with Gasteiger partial charge in [-0.1, -0.05) is 224 Å². The summed E-state index contributed by atoms with van der Waals surface area (Å²) < 4.78 is 2.52. The minimum Gasteiger partial charge on any atom is -0.309 e. The van der Waals surface area contributed by atoms with Crippen LogP contribution in [0.25, 0.3) is 83.1 Å². The molecule has 1 aliphatic carbocycles. The zero-order chi connectivity index (χ0) is 45.5. The fourth-order valence-corrected chi connectivity index (χ4v) is 12.0. The minimum absolute atomic E-state index is 0.562. The molecule has 1 aliphatic heterocycles. The smallest absolute Gasteiger partial charge is 0.0754 e. The molecule has 0 fully saturated rings. The summed E-state index contributed by atoms with van der Waals surface area (Å²) in [7, 11) is 0. The quantitative estimate of drug-likeness (QED) is 0.155. The van der Waals surface area contributed by atoms with Crippen molar-refractivity contribution < 1.29 is 0 Å². The Balaban J connectivity index is 1.03. The zero-order valence-electron chi connectivity index (χ0n) is 37.8. The van der Waals surface area contributed by atoms with E-state index in [0.29, 0.717) is 0 Å². The summed E-state index contributed by atoms with van der Waals surface area (Å²) in [6.07, 6.45) is 0. The molecule has 1 atom stereocenters. The molecule has 2 heteroatoms. The standard InChI is InChI=1S/C67H44N2/c1-3-21-45(22-4-1)47-25-19-26-48(43-47)51-28-9-15-37-62(51)68(61-36-14-8-27-50(61)46-23-5-2-6-24-46)63-38-16-10-29-52(63)49-41-42-54-53-30-7-12-33-57(53)67(60(54)44-49)58-34-13-18-40-65(58)69-64-39-17-11-31-55(64)56-32-20-35-59(67)66(56)69/h1-44H. The van der Waals surface area contributed by atoms with E-state index < -0.39 is 5.41 Å². The fraction of sp³-hybridized carbons (Fsp3) is 0.0149. The zero-order valence-corrected chi connectivity index (χ0v) is 37.8. The maximum absolute atomic E-state index is 2.53. The maximum Gasteiger partial charge on any atom is 0.0754 e. The van der Waals surface area contributed by atoms with Crippen LogP contribution in [-0.4, -0.2) is 4.57 Å². The van der Waals surface area contributed by atoms with Gasteiger partial charge in [-0.25, -0.2) is 0 Å². The van der Waals surface area contributed by atoms with Gasteiger partial charge in [0.15, 0.2) is 0 Å². The van der Waals surface area contributed by atoms with Crippen LogP contribution in [0.2, 0.25) is 0 Å². The second-order valence-corrected chi connectivity index (χ2v) is 18.3. The summed E-state index contributed by atoms with van der Waals surface area (Å²) in [6, 6.07) is 98.7. The average molecular weight is 877 g/mol. The molecule has 1 unspecified atom stereocenters. The number of fused-ring (bicyclic) bond motifs is 12. The van der Waals surface area contributed by atoms with Gasteiger partial charge in [0.05, 0.1) is 39.2 Å². The number of hydrogen-bond donors (Lipinski definition) is 0. The van der Waals surface area contributed by atoms with Gasteiger partial charge in [0.2, 0.25) is 0 Å². The topological polar surface area (TPSA) is 8.17 Å². The molecule has 0 bridgehead atoms. The Labute approximate surface area is 402 Å². The molecular weight excluding hydrogens is 833 g/mol. The lowest BCUT2D eigenvalue weighted by atomic mass is 9.65. The summed E-state index contributed by atoms with van der Waals surface area (Å²) >= 11 is 0. The Morgan fingerprint density at radius 3 is 1.48 bits per heavy atom. The molecule has 0 N–H and O–H groups in total. The first-order valence-electron chi connectivity index (χ1n) is 23.9. The molecule has 11 aromatic carbocycles. The van der Waals surface area contributed by atoms with Gasteiger partial charge in [-0.05, 0) is 104 Å². The Morgan fingerprint density at radius 1 is 0.275 bits per heavy atom. The molecular formula is C67H44N2. The lowest BCUT2D eigenvalue weighted by Crippen LogP contribution is -2.33. The van der Waals surface area contributed by atoms with Crippen molar-refractivity contribution in [2.24, 2.45) is 0 Å². The highest BCUT2D eigenvalue weighted by atomic mass is 15.1. The lowest BCUT2D eigenvalue weighted by Gasteiger charge is -2.39. The van der Waals surface area contributed by atoms with Gasteiger partial charge >= 0.3 is 0 Å². The van der Waals surface area contributed by atoms with Gasteiger partial charge in [0.1, 0.15) is 0 Å². The van der Waals surface area contributed by atoms with Crippen molar-refractivity contribution in [1.29, 1.82) is 0 Å². The van der Waals surface area contributed by atoms with Gasteiger partial charge in [-0.2, -0.15) is 0 Å². The van der Waals surface area contributed by atoms with E-state index in [1.54, 1.807) is 0 Å². The molecule has 0 saturated heterocycles. The van der Waals surface area contributed by atoms with Gasteiger partial charge in [-0.15, -0.1) is 0 Å². The maximum atomic E-state index is 2.53. The molecule has 12 aromatic rings. The van der Waals surface area contributed by atoms with Crippen LogP contribution in [0.15, 0.2) is 267 Å². The van der Waals surface area contributed by atoms with E-state index in [9.17, 15) is 0 Å². The van der Waals surface area contributed by atoms with Crippen LogP contribution < -0.4 is 4.90 Å². The van der Waals surface area contributed by atoms with Gasteiger partial charge in [0, 0.05) is 27.5 Å². The van der Waals surface area contributed by atoms with Crippen LogP contribution in [0.5, 0.6) is 0 Å². The van der Waals surface area contributed by atoms with Crippen molar-refractivity contribution in [2.45, 2.75) is 5.41 Å². The first kappa shape index (κ1) is 39.2. The summed E-state index contributed by atoms with van der Waals surface area (Å²) in [5.41, 5.74) is 23.6. The number of aromatic nitrogens is 1. The second kappa shape index (κ2) is 15.6. The Bertz CT molecular complexity index is 3970. The molecule has 69 heavy (non-hydrogen) atoms. The number of benzene rings is 11. The third-order valence-corrected chi connectivity index (χ3v) is 14.8. The highest BCUT2D eigenvalue weighted by Crippen LogP contribution is 2.62. The molecule has 0 radical (unpaired) electrons. The average Bonchev–Trinajstić information content (AvgIpc) is 3.92. The summed E-state index contributed by atoms with van der Waals surface area (Å²) in [4.78, 5) is 2.51. The van der Waals surface area contributed by atoms with Crippen molar-refractivity contribution >= 4 is 38.9 Å². The van der Waals surface area contributed by atoms with Crippen molar-refractivity contribution in [3.05, 3.63) is 289 Å². The minimum atomic E-state index is -0.562. The predicted octanol–water partition coefficient (Wildman–Crippen LogP) is 17.6. The van der Waals surface area contributed by atoms with E-state index in [4.69, 9.17) is 0 Å². The third-order valence-electron chi connectivity index (χ3n) is 14.8. The number of rotatable bonds is 7. The SMILES string of the molecule is c1ccc(-c2cccc(-c3ccccc3N(c3ccccc3-c3ccccc3)c3ccccc3-c3ccc4c(c3)C3(c5ccccc5-4)c4ccccc4-n4c5ccccc5c5cccc3c54)c2)cc1. The molecule has 2 heterocycles. The predicted molar refractivity (Wildman–Crippen MR) is 288 cm³/mol. The van der Waals surface area contributed by atoms with Crippen molar-refractivity contribution in [3.63, 3.8) is 0 Å². The second-order valence-electron chi connectivity index (χ2n) is 18.3. The van der Waals surface area contributed by atoms with Crippen molar-refractivity contribution in [2.75, 3.05) is 4.90 Å². The van der Waals surface area contributed by atoms with Crippen LogP contribution in [-0.2, 0) is 5.41 Å². The summed E-state index contributed by atoms with van der Waals surface area (Å²) in [5.74, 6) is 0. The normalized spacial score (nSPS) is 14.1. The van der Waals surface area contributed by atoms with Crippen LogP contribution in [0.1, 0.15) is 22.3 Å². The molecule has 14 rings (SSSR count). The molecule has 2 aliphatic rings. The van der Waals surface area contributed by atoms with E-state index >= 15 is 0 Å². The van der Waals surface area contributed by atoms with E-state index in [-0.39, 0.29) is 0 Å². The van der Waals surface area contributed by atoms with Crippen LogP contribution in [0, 0.1) is 0 Å². The summed E-state index contributed by atoms with van der Waals surface area (Å²) in [6.45, 7) is 0. The highest BCUT2D eigenvalue weighted by molar-refractivity contribution is 6.13. The Morgan fingerprint density at radius 2 is 0.754 bits per heavy atom. The molecule has 1 spiro atoms. The molecule has 0 saturated carbocycles. The number of hydrogen-bond acceptors (Lipinski definition) is 1. The van der Waals surface area contributed by atoms with Gasteiger partial charge in [-0.3, -0.25) is 0 Å². The summed E-state index contributed by atoms with van der Waals surface area (Å²) in [5, 5.41) is 2.56. The lowest BCUT2D eigenvalue weighted by molar-refractivity contribution is 0.749. The highest BCUT2D eigenvalue weighted by Gasteiger charge is 2.51.